The fraction of sp³-hybridized carbons (Fsp3) is 0.0909. The summed E-state index contributed by atoms with van der Waals surface area (Å²) in [5, 5.41) is 0.628. The monoisotopic (exact) mass is 219 g/mol. The molecule has 2 rings (SSSR count). The first-order chi connectivity index (χ1) is 7.66. The van der Waals surface area contributed by atoms with E-state index in [1.54, 1.807) is 24.3 Å². The molecule has 0 unspecified atom stereocenters. The van der Waals surface area contributed by atoms with Gasteiger partial charge in [0.05, 0.1) is 11.5 Å². The zero-order chi connectivity index (χ0) is 11.5. The topological polar surface area (TPSA) is 82.5 Å². The van der Waals surface area contributed by atoms with Crippen molar-refractivity contribution < 1.29 is 13.9 Å². The molecule has 1 aromatic heterocycles. The summed E-state index contributed by atoms with van der Waals surface area (Å²) in [5.41, 5.74) is 4.84. The van der Waals surface area contributed by atoms with Crippen LogP contribution in [0.2, 0.25) is 0 Å². The fourth-order valence-corrected chi connectivity index (χ4v) is 1.35. The number of rotatable bonds is 3. The maximum absolute atomic E-state index is 11.2. The molecule has 0 atom stereocenters. The second kappa shape index (κ2) is 4.06. The van der Waals surface area contributed by atoms with E-state index in [-0.39, 0.29) is 6.61 Å². The summed E-state index contributed by atoms with van der Waals surface area (Å²) >= 11 is 0. The molecule has 5 nitrogen and oxygen atoms in total. The molecule has 0 radical (unpaired) electrons. The van der Waals surface area contributed by atoms with Crippen molar-refractivity contribution in [3.8, 4) is 5.75 Å². The summed E-state index contributed by atoms with van der Waals surface area (Å²) in [4.78, 5) is 21.8. The number of amides is 1. The van der Waals surface area contributed by atoms with E-state index in [0.717, 1.165) is 0 Å². The molecule has 0 aliphatic heterocycles. The van der Waals surface area contributed by atoms with Crippen LogP contribution < -0.4 is 16.1 Å². The van der Waals surface area contributed by atoms with Crippen LogP contribution in [-0.4, -0.2) is 12.5 Å². The van der Waals surface area contributed by atoms with Crippen LogP contribution in [0.15, 0.2) is 39.5 Å². The molecule has 0 saturated heterocycles. The van der Waals surface area contributed by atoms with Gasteiger partial charge >= 0.3 is 5.63 Å². The predicted molar refractivity (Wildman–Crippen MR) is 57.2 cm³/mol. The van der Waals surface area contributed by atoms with Crippen LogP contribution in [-0.2, 0) is 4.79 Å². The summed E-state index contributed by atoms with van der Waals surface area (Å²) in [7, 11) is 0. The first-order valence-electron chi connectivity index (χ1n) is 4.61. The number of para-hydroxylation sites is 1. The first kappa shape index (κ1) is 10.2. The maximum Gasteiger partial charge on any atom is 0.339 e. The summed E-state index contributed by atoms with van der Waals surface area (Å²) in [5.74, 6) is -0.303. The fourth-order valence-electron chi connectivity index (χ4n) is 1.35. The highest BCUT2D eigenvalue weighted by Crippen LogP contribution is 2.22. The Morgan fingerprint density at radius 3 is 2.88 bits per heavy atom. The second-order valence-electron chi connectivity index (χ2n) is 3.18. The molecule has 2 N–H and O–H groups in total. The minimum Gasteiger partial charge on any atom is -0.483 e. The summed E-state index contributed by atoms with van der Waals surface area (Å²) in [6.07, 6.45) is 0. The lowest BCUT2D eigenvalue weighted by Crippen LogP contribution is -2.20. The van der Waals surface area contributed by atoms with Crippen LogP contribution in [0, 0.1) is 0 Å². The highest BCUT2D eigenvalue weighted by atomic mass is 16.5. The Morgan fingerprint density at radius 2 is 2.12 bits per heavy atom. The Hall–Kier alpha value is -2.30. The summed E-state index contributed by atoms with van der Waals surface area (Å²) in [6.45, 7) is -0.270. The van der Waals surface area contributed by atoms with Crippen LogP contribution in [0.25, 0.3) is 11.0 Å². The second-order valence-corrected chi connectivity index (χ2v) is 3.18. The van der Waals surface area contributed by atoms with Gasteiger partial charge in [-0.3, -0.25) is 4.79 Å². The molecular weight excluding hydrogens is 210 g/mol. The van der Waals surface area contributed by atoms with Crippen molar-refractivity contribution >= 4 is 16.9 Å². The first-order valence-corrected chi connectivity index (χ1v) is 4.61. The Bertz CT molecular complexity index is 588. The van der Waals surface area contributed by atoms with Crippen LogP contribution in [0.1, 0.15) is 0 Å². The molecular formula is C11H9NO4. The summed E-state index contributed by atoms with van der Waals surface area (Å²) < 4.78 is 10.1. The van der Waals surface area contributed by atoms with Crippen molar-refractivity contribution in [3.63, 3.8) is 0 Å². The lowest BCUT2D eigenvalue weighted by atomic mass is 10.2. The highest BCUT2D eigenvalue weighted by Gasteiger charge is 2.06. The number of benzene rings is 1. The molecule has 0 aliphatic carbocycles. The number of nitrogens with two attached hydrogens (primary N) is 1. The normalized spacial score (nSPS) is 10.2. The number of fused-ring (bicyclic) bond motifs is 1. The third kappa shape index (κ3) is 2.03. The SMILES string of the molecule is NC(=O)COc1cc(=O)oc2ccccc12. The third-order valence-corrected chi connectivity index (χ3v) is 1.98. The van der Waals surface area contributed by atoms with Crippen molar-refractivity contribution in [1.29, 1.82) is 0 Å². The predicted octanol–water partition coefficient (Wildman–Crippen LogP) is 0.657. The van der Waals surface area contributed by atoms with E-state index < -0.39 is 11.5 Å². The number of carbonyl (C=O) groups excluding carboxylic acids is 1. The summed E-state index contributed by atoms with van der Waals surface area (Å²) in [6, 6.07) is 8.08. The minimum absolute atomic E-state index is 0.270. The van der Waals surface area contributed by atoms with E-state index in [9.17, 15) is 9.59 Å². The average molecular weight is 219 g/mol. The maximum atomic E-state index is 11.2. The van der Waals surface area contributed by atoms with Gasteiger partial charge in [0.25, 0.3) is 5.91 Å². The Labute approximate surface area is 90.4 Å². The van der Waals surface area contributed by atoms with Crippen molar-refractivity contribution in [1.82, 2.24) is 0 Å². The lowest BCUT2D eigenvalue weighted by molar-refractivity contribution is -0.119. The Morgan fingerprint density at radius 1 is 1.38 bits per heavy atom. The molecule has 0 aliphatic rings. The van der Waals surface area contributed by atoms with Gasteiger partial charge in [0.2, 0.25) is 0 Å². The molecule has 5 heteroatoms. The van der Waals surface area contributed by atoms with E-state index >= 15 is 0 Å². The highest BCUT2D eigenvalue weighted by molar-refractivity contribution is 5.83. The van der Waals surface area contributed by atoms with Gasteiger partial charge in [-0.1, -0.05) is 12.1 Å². The molecule has 1 heterocycles. The van der Waals surface area contributed by atoms with Gasteiger partial charge in [0.1, 0.15) is 11.3 Å². The van der Waals surface area contributed by atoms with Gasteiger partial charge in [-0.15, -0.1) is 0 Å². The molecule has 82 valence electrons. The Balaban J connectivity index is 2.50. The van der Waals surface area contributed by atoms with Crippen molar-refractivity contribution in [2.45, 2.75) is 0 Å². The standard InChI is InChI=1S/C11H9NO4/c12-10(13)6-15-9-5-11(14)16-8-4-2-1-3-7(8)9/h1-5H,6H2,(H2,12,13). The van der Waals surface area contributed by atoms with E-state index in [1.165, 1.54) is 6.07 Å². The number of ether oxygens (including phenoxy) is 1. The van der Waals surface area contributed by atoms with Crippen LogP contribution in [0.5, 0.6) is 5.75 Å². The van der Waals surface area contributed by atoms with Gasteiger partial charge < -0.3 is 14.9 Å². The molecule has 0 spiro atoms. The van der Waals surface area contributed by atoms with E-state index in [2.05, 4.69) is 0 Å². The largest absolute Gasteiger partial charge is 0.483 e. The molecule has 0 fully saturated rings. The molecule has 1 amide bonds. The third-order valence-electron chi connectivity index (χ3n) is 1.98. The van der Waals surface area contributed by atoms with Crippen molar-refractivity contribution in [3.05, 3.63) is 40.8 Å². The quantitative estimate of drug-likeness (QED) is 0.768. The number of hydrogen-bond donors (Lipinski definition) is 1. The van der Waals surface area contributed by atoms with Gasteiger partial charge in [-0.05, 0) is 12.1 Å². The molecule has 1 aromatic carbocycles. The van der Waals surface area contributed by atoms with Crippen LogP contribution >= 0.6 is 0 Å². The van der Waals surface area contributed by atoms with Gasteiger partial charge in [0, 0.05) is 0 Å². The number of primary amides is 1. The smallest absolute Gasteiger partial charge is 0.339 e. The van der Waals surface area contributed by atoms with E-state index in [0.29, 0.717) is 16.7 Å². The van der Waals surface area contributed by atoms with E-state index in [4.69, 9.17) is 14.9 Å². The lowest BCUT2D eigenvalue weighted by Gasteiger charge is -2.05. The molecule has 0 bridgehead atoms. The molecule has 2 aromatic rings. The van der Waals surface area contributed by atoms with Crippen LogP contribution in [0.4, 0.5) is 0 Å². The van der Waals surface area contributed by atoms with Crippen molar-refractivity contribution in [2.75, 3.05) is 6.61 Å². The van der Waals surface area contributed by atoms with Crippen molar-refractivity contribution in [2.24, 2.45) is 5.73 Å². The Kier molecular flexibility index (Phi) is 2.59. The number of carbonyl (C=O) groups is 1. The van der Waals surface area contributed by atoms with Gasteiger partial charge in [-0.25, -0.2) is 4.79 Å². The minimum atomic E-state index is -0.600. The van der Waals surface area contributed by atoms with Gasteiger partial charge in [-0.2, -0.15) is 0 Å². The van der Waals surface area contributed by atoms with Crippen LogP contribution in [0.3, 0.4) is 0 Å². The van der Waals surface area contributed by atoms with E-state index in [1.807, 2.05) is 0 Å². The zero-order valence-corrected chi connectivity index (χ0v) is 8.30. The molecule has 0 saturated carbocycles. The average Bonchev–Trinajstić information content (AvgIpc) is 2.25. The number of hydrogen-bond acceptors (Lipinski definition) is 4. The van der Waals surface area contributed by atoms with Gasteiger partial charge in [0.15, 0.2) is 6.61 Å². The molecule has 16 heavy (non-hydrogen) atoms. The zero-order valence-electron chi connectivity index (χ0n) is 8.30.